The number of esters is 1. The number of carbonyl (C=O) groups excluding carboxylic acids is 2. The SMILES string of the molecule is CCOCCOC(=O)C1C(C)=NC2=C(C(=O)CC(c3ccccc3)C2)C1c1ccc(Br)cc1. The van der Waals surface area contributed by atoms with Crippen molar-refractivity contribution < 1.29 is 19.1 Å². The van der Waals surface area contributed by atoms with Crippen LogP contribution in [0, 0.1) is 5.92 Å². The Labute approximate surface area is 203 Å². The largest absolute Gasteiger partial charge is 0.463 e. The summed E-state index contributed by atoms with van der Waals surface area (Å²) in [4.78, 5) is 31.5. The van der Waals surface area contributed by atoms with Crippen LogP contribution >= 0.6 is 15.9 Å². The number of aliphatic imine (C=N–C) groups is 1. The highest BCUT2D eigenvalue weighted by Crippen LogP contribution is 2.46. The fraction of sp³-hybridized carbons (Fsp3) is 0.370. The molecule has 2 aromatic carbocycles. The molecule has 0 aromatic heterocycles. The summed E-state index contributed by atoms with van der Waals surface area (Å²) in [5.74, 6) is -1.26. The molecule has 2 aliphatic rings. The van der Waals surface area contributed by atoms with Crippen molar-refractivity contribution in [2.45, 2.75) is 38.5 Å². The van der Waals surface area contributed by atoms with E-state index in [1.54, 1.807) is 0 Å². The van der Waals surface area contributed by atoms with E-state index in [0.29, 0.717) is 37.3 Å². The first-order valence-corrected chi connectivity index (χ1v) is 12.1. The minimum absolute atomic E-state index is 0.0568. The lowest BCUT2D eigenvalue weighted by Gasteiger charge is -2.36. The molecule has 172 valence electrons. The smallest absolute Gasteiger partial charge is 0.315 e. The summed E-state index contributed by atoms with van der Waals surface area (Å²) in [6.07, 6.45) is 1.10. The van der Waals surface area contributed by atoms with E-state index in [0.717, 1.165) is 21.3 Å². The molecule has 3 atom stereocenters. The Morgan fingerprint density at radius 1 is 1.03 bits per heavy atom. The van der Waals surface area contributed by atoms with Gasteiger partial charge in [0.25, 0.3) is 0 Å². The normalized spacial score (nSPS) is 22.6. The van der Waals surface area contributed by atoms with Gasteiger partial charge in [0.1, 0.15) is 12.5 Å². The van der Waals surface area contributed by atoms with Crippen molar-refractivity contribution in [1.82, 2.24) is 0 Å². The number of ether oxygens (including phenoxy) is 2. The maximum absolute atomic E-state index is 13.5. The molecule has 4 rings (SSSR count). The standard InChI is InChI=1S/C27H28BrNO4/c1-3-32-13-14-33-27(31)24-17(2)29-22-15-20(18-7-5-4-6-8-18)16-23(30)26(22)25(24)19-9-11-21(28)12-10-19/h4-12,20,24-25H,3,13-16H2,1-2H3. The van der Waals surface area contributed by atoms with Crippen molar-refractivity contribution in [2.75, 3.05) is 19.8 Å². The molecule has 0 bridgehead atoms. The van der Waals surface area contributed by atoms with Crippen LogP contribution < -0.4 is 0 Å². The molecule has 6 heteroatoms. The van der Waals surface area contributed by atoms with Crippen LogP contribution in [0.2, 0.25) is 0 Å². The van der Waals surface area contributed by atoms with Gasteiger partial charge in [-0.1, -0.05) is 58.4 Å². The Morgan fingerprint density at radius 3 is 2.45 bits per heavy atom. The highest BCUT2D eigenvalue weighted by molar-refractivity contribution is 9.10. The molecule has 5 nitrogen and oxygen atoms in total. The fourth-order valence-electron chi connectivity index (χ4n) is 4.79. The Balaban J connectivity index is 1.70. The molecular formula is C27H28BrNO4. The molecule has 0 N–H and O–H groups in total. The molecule has 3 unspecified atom stereocenters. The second-order valence-corrected chi connectivity index (χ2v) is 9.34. The van der Waals surface area contributed by atoms with Gasteiger partial charge < -0.3 is 9.47 Å². The predicted molar refractivity (Wildman–Crippen MR) is 131 cm³/mol. The van der Waals surface area contributed by atoms with E-state index in [9.17, 15) is 9.59 Å². The molecule has 0 fully saturated rings. The maximum atomic E-state index is 13.5. The van der Waals surface area contributed by atoms with Crippen LogP contribution in [-0.2, 0) is 19.1 Å². The number of Topliss-reactive ketones (excluding diaryl/α,β-unsaturated/α-hetero) is 1. The number of allylic oxidation sites excluding steroid dienone is 2. The summed E-state index contributed by atoms with van der Waals surface area (Å²) in [5, 5.41) is 0. The van der Waals surface area contributed by atoms with Crippen LogP contribution in [0.5, 0.6) is 0 Å². The minimum atomic E-state index is -0.635. The first kappa shape index (κ1) is 23.6. The summed E-state index contributed by atoms with van der Waals surface area (Å²) in [5.41, 5.74) is 4.19. The van der Waals surface area contributed by atoms with Gasteiger partial charge in [0.2, 0.25) is 0 Å². The Kier molecular flexibility index (Phi) is 7.56. The number of halogens is 1. The van der Waals surface area contributed by atoms with Gasteiger partial charge in [0.05, 0.1) is 6.61 Å². The number of ketones is 1. The monoisotopic (exact) mass is 509 g/mol. The number of nitrogens with zero attached hydrogens (tertiary/aromatic N) is 1. The molecule has 2 aromatic rings. The van der Waals surface area contributed by atoms with E-state index >= 15 is 0 Å². The molecule has 0 radical (unpaired) electrons. The van der Waals surface area contributed by atoms with Crippen molar-refractivity contribution >= 4 is 33.4 Å². The molecular weight excluding hydrogens is 482 g/mol. The molecule has 0 saturated carbocycles. The summed E-state index contributed by atoms with van der Waals surface area (Å²) in [6.45, 7) is 4.85. The zero-order chi connectivity index (χ0) is 23.4. The summed E-state index contributed by atoms with van der Waals surface area (Å²) < 4.78 is 11.8. The second-order valence-electron chi connectivity index (χ2n) is 8.42. The van der Waals surface area contributed by atoms with Crippen LogP contribution in [0.25, 0.3) is 0 Å². The average Bonchev–Trinajstić information content (AvgIpc) is 2.82. The van der Waals surface area contributed by atoms with Crippen LogP contribution in [0.15, 0.2) is 75.3 Å². The highest BCUT2D eigenvalue weighted by Gasteiger charge is 2.44. The first-order chi connectivity index (χ1) is 16.0. The van der Waals surface area contributed by atoms with Crippen molar-refractivity contribution in [3.63, 3.8) is 0 Å². The van der Waals surface area contributed by atoms with Crippen LogP contribution in [0.4, 0.5) is 0 Å². The highest BCUT2D eigenvalue weighted by atomic mass is 79.9. The van der Waals surface area contributed by atoms with Gasteiger partial charge in [-0.05, 0) is 49.4 Å². The molecule has 1 heterocycles. The molecule has 1 aliphatic heterocycles. The topological polar surface area (TPSA) is 65.0 Å². The zero-order valence-corrected chi connectivity index (χ0v) is 20.5. The number of benzene rings is 2. The van der Waals surface area contributed by atoms with Gasteiger partial charge in [-0.25, -0.2) is 0 Å². The Morgan fingerprint density at radius 2 is 1.76 bits per heavy atom. The van der Waals surface area contributed by atoms with E-state index in [-0.39, 0.29) is 24.3 Å². The van der Waals surface area contributed by atoms with E-state index in [4.69, 9.17) is 14.5 Å². The van der Waals surface area contributed by atoms with Crippen LogP contribution in [0.3, 0.4) is 0 Å². The lowest BCUT2D eigenvalue weighted by Crippen LogP contribution is -2.38. The van der Waals surface area contributed by atoms with Gasteiger partial charge in [-0.15, -0.1) is 0 Å². The Hall–Kier alpha value is -2.57. The number of hydrogen-bond acceptors (Lipinski definition) is 5. The third-order valence-corrected chi connectivity index (χ3v) is 6.85. The van der Waals surface area contributed by atoms with Crippen molar-refractivity contribution in [2.24, 2.45) is 10.9 Å². The molecule has 0 saturated heterocycles. The van der Waals surface area contributed by atoms with Gasteiger partial charge in [0, 0.05) is 40.4 Å². The van der Waals surface area contributed by atoms with Crippen LogP contribution in [-0.4, -0.2) is 37.3 Å². The van der Waals surface area contributed by atoms with Crippen LogP contribution in [0.1, 0.15) is 49.7 Å². The van der Waals surface area contributed by atoms with E-state index in [2.05, 4.69) is 28.1 Å². The van der Waals surface area contributed by atoms with E-state index in [1.807, 2.05) is 56.3 Å². The van der Waals surface area contributed by atoms with Gasteiger partial charge in [-0.3, -0.25) is 14.6 Å². The molecule has 0 spiro atoms. The predicted octanol–water partition coefficient (Wildman–Crippen LogP) is 5.60. The van der Waals surface area contributed by atoms with E-state index in [1.165, 1.54) is 0 Å². The third kappa shape index (κ3) is 5.17. The quantitative estimate of drug-likeness (QED) is 0.359. The number of carbonyl (C=O) groups is 2. The Bertz CT molecular complexity index is 1080. The third-order valence-electron chi connectivity index (χ3n) is 6.32. The molecule has 1 aliphatic carbocycles. The average molecular weight is 510 g/mol. The van der Waals surface area contributed by atoms with Gasteiger partial charge in [-0.2, -0.15) is 0 Å². The lowest BCUT2D eigenvalue weighted by molar-refractivity contribution is -0.148. The molecule has 33 heavy (non-hydrogen) atoms. The van der Waals surface area contributed by atoms with Crippen molar-refractivity contribution in [3.05, 3.63) is 81.5 Å². The lowest BCUT2D eigenvalue weighted by atomic mass is 9.69. The van der Waals surface area contributed by atoms with Gasteiger partial charge in [0.15, 0.2) is 5.78 Å². The fourth-order valence-corrected chi connectivity index (χ4v) is 5.06. The second kappa shape index (κ2) is 10.6. The summed E-state index contributed by atoms with van der Waals surface area (Å²) in [7, 11) is 0. The number of rotatable bonds is 7. The van der Waals surface area contributed by atoms with E-state index < -0.39 is 11.8 Å². The molecule has 0 amide bonds. The van der Waals surface area contributed by atoms with Crippen molar-refractivity contribution in [3.8, 4) is 0 Å². The minimum Gasteiger partial charge on any atom is -0.463 e. The zero-order valence-electron chi connectivity index (χ0n) is 18.9. The van der Waals surface area contributed by atoms with Gasteiger partial charge >= 0.3 is 5.97 Å². The van der Waals surface area contributed by atoms with Crippen molar-refractivity contribution in [1.29, 1.82) is 0 Å². The maximum Gasteiger partial charge on any atom is 0.315 e. The first-order valence-electron chi connectivity index (χ1n) is 11.4. The number of hydrogen-bond donors (Lipinski definition) is 0. The summed E-state index contributed by atoms with van der Waals surface area (Å²) >= 11 is 3.48. The summed E-state index contributed by atoms with van der Waals surface area (Å²) in [6, 6.07) is 17.9.